The molecule has 146 valence electrons. The van der Waals surface area contributed by atoms with E-state index in [1.54, 1.807) is 13.2 Å². The van der Waals surface area contributed by atoms with E-state index in [0.717, 1.165) is 43.1 Å². The van der Waals surface area contributed by atoms with Crippen LogP contribution in [0.3, 0.4) is 0 Å². The highest BCUT2D eigenvalue weighted by atomic mass is 35.5. The molecule has 0 spiro atoms. The quantitative estimate of drug-likeness (QED) is 0.714. The van der Waals surface area contributed by atoms with Crippen molar-refractivity contribution in [1.82, 2.24) is 19.9 Å². The Hall–Kier alpha value is -2.80. The van der Waals surface area contributed by atoms with Crippen LogP contribution in [-0.2, 0) is 11.2 Å². The number of rotatable bonds is 5. The van der Waals surface area contributed by atoms with E-state index in [4.69, 9.17) is 16.3 Å². The first-order valence-corrected chi connectivity index (χ1v) is 9.68. The number of carbonyl (C=O) groups is 1. The van der Waals surface area contributed by atoms with Crippen LogP contribution in [0, 0.1) is 0 Å². The number of amides is 1. The van der Waals surface area contributed by atoms with Crippen molar-refractivity contribution in [3.63, 3.8) is 0 Å². The molecule has 3 aromatic rings. The summed E-state index contributed by atoms with van der Waals surface area (Å²) in [5.41, 5.74) is 1.64. The minimum absolute atomic E-state index is 0.0153. The van der Waals surface area contributed by atoms with Crippen molar-refractivity contribution >= 4 is 29.1 Å². The highest BCUT2D eigenvalue weighted by Gasteiger charge is 2.23. The maximum Gasteiger partial charge on any atom is 0.231 e. The number of piperidine rings is 1. The van der Waals surface area contributed by atoms with Crippen LogP contribution in [0.5, 0.6) is 5.75 Å². The molecular weight excluding hydrogens is 378 g/mol. The molecule has 7 nitrogen and oxygen atoms in total. The number of halogens is 1. The van der Waals surface area contributed by atoms with Gasteiger partial charge in [-0.25, -0.2) is 0 Å². The molecule has 8 heteroatoms. The number of nitrogens with one attached hydrogen (secondary N) is 1. The summed E-state index contributed by atoms with van der Waals surface area (Å²) in [5.74, 6) is 1.52. The summed E-state index contributed by atoms with van der Waals surface area (Å²) >= 11 is 6.24. The fraction of sp³-hybridized carbons (Fsp3) is 0.350. The van der Waals surface area contributed by atoms with Gasteiger partial charge in [0.15, 0.2) is 5.65 Å². The molecule has 0 aliphatic carbocycles. The summed E-state index contributed by atoms with van der Waals surface area (Å²) in [6.45, 7) is 1.65. The molecule has 0 unspecified atom stereocenters. The Kier molecular flexibility index (Phi) is 5.34. The summed E-state index contributed by atoms with van der Waals surface area (Å²) in [5, 5.41) is 12.2. The minimum atomic E-state index is -0.0153. The SMILES string of the molecule is COc1ccc(CC(=O)NC2CCN(c3nnc4ccccn34)CC2)c(Cl)c1. The van der Waals surface area contributed by atoms with Gasteiger partial charge < -0.3 is 15.0 Å². The number of hydrogen-bond acceptors (Lipinski definition) is 5. The molecule has 0 radical (unpaired) electrons. The molecule has 0 bridgehead atoms. The van der Waals surface area contributed by atoms with E-state index >= 15 is 0 Å². The van der Waals surface area contributed by atoms with Crippen LogP contribution in [0.1, 0.15) is 18.4 Å². The Labute approximate surface area is 168 Å². The van der Waals surface area contributed by atoms with Gasteiger partial charge >= 0.3 is 0 Å². The van der Waals surface area contributed by atoms with Gasteiger partial charge in [-0.15, -0.1) is 10.2 Å². The lowest BCUT2D eigenvalue weighted by atomic mass is 10.0. The number of methoxy groups -OCH3 is 1. The monoisotopic (exact) mass is 399 g/mol. The topological polar surface area (TPSA) is 71.8 Å². The molecule has 1 amide bonds. The molecule has 1 saturated heterocycles. The fourth-order valence-electron chi connectivity index (χ4n) is 3.52. The number of nitrogens with zero attached hydrogens (tertiary/aromatic N) is 4. The van der Waals surface area contributed by atoms with Crippen LogP contribution in [0.15, 0.2) is 42.6 Å². The van der Waals surface area contributed by atoms with E-state index in [0.29, 0.717) is 10.8 Å². The number of pyridine rings is 1. The first kappa shape index (κ1) is 18.6. The molecule has 1 aliphatic heterocycles. The van der Waals surface area contributed by atoms with Crippen LogP contribution >= 0.6 is 11.6 Å². The smallest absolute Gasteiger partial charge is 0.231 e. The first-order valence-electron chi connectivity index (χ1n) is 9.30. The first-order chi connectivity index (χ1) is 13.6. The molecule has 0 atom stereocenters. The average molecular weight is 400 g/mol. The number of aromatic nitrogens is 3. The van der Waals surface area contributed by atoms with Crippen LogP contribution in [0.4, 0.5) is 5.95 Å². The molecule has 3 heterocycles. The van der Waals surface area contributed by atoms with Gasteiger partial charge in [0.05, 0.1) is 13.5 Å². The number of benzene rings is 1. The van der Waals surface area contributed by atoms with Gasteiger partial charge in [-0.3, -0.25) is 9.20 Å². The van der Waals surface area contributed by atoms with Gasteiger partial charge in [0, 0.05) is 30.4 Å². The van der Waals surface area contributed by atoms with Crippen LogP contribution < -0.4 is 15.0 Å². The van der Waals surface area contributed by atoms with E-state index in [2.05, 4.69) is 20.4 Å². The Morgan fingerprint density at radius 2 is 2.07 bits per heavy atom. The summed E-state index contributed by atoms with van der Waals surface area (Å²) in [6.07, 6.45) is 3.96. The minimum Gasteiger partial charge on any atom is -0.497 e. The fourth-order valence-corrected chi connectivity index (χ4v) is 3.76. The largest absolute Gasteiger partial charge is 0.497 e. The molecule has 1 N–H and O–H groups in total. The third-order valence-electron chi connectivity index (χ3n) is 5.05. The van der Waals surface area contributed by atoms with Gasteiger partial charge in [-0.05, 0) is 42.7 Å². The summed E-state index contributed by atoms with van der Waals surface area (Å²) < 4.78 is 7.13. The Bertz CT molecular complexity index is 982. The number of carbonyl (C=O) groups excluding carboxylic acids is 1. The molecule has 2 aromatic heterocycles. The molecular formula is C20H22ClN5O2. The molecule has 28 heavy (non-hydrogen) atoms. The Morgan fingerprint density at radius 1 is 1.25 bits per heavy atom. The van der Waals surface area contributed by atoms with Gasteiger partial charge in [-0.1, -0.05) is 23.7 Å². The van der Waals surface area contributed by atoms with Crippen molar-refractivity contribution in [2.75, 3.05) is 25.1 Å². The Morgan fingerprint density at radius 3 is 2.82 bits per heavy atom. The van der Waals surface area contributed by atoms with Crippen molar-refractivity contribution in [1.29, 1.82) is 0 Å². The van der Waals surface area contributed by atoms with E-state index in [-0.39, 0.29) is 18.4 Å². The Balaban J connectivity index is 1.32. The zero-order chi connectivity index (χ0) is 19.5. The molecule has 1 aliphatic rings. The number of hydrogen-bond donors (Lipinski definition) is 1. The number of ether oxygens (including phenoxy) is 1. The second kappa shape index (κ2) is 8.06. The maximum absolute atomic E-state index is 12.4. The van der Waals surface area contributed by atoms with Gasteiger partial charge in [0.1, 0.15) is 5.75 Å². The van der Waals surface area contributed by atoms with Crippen LogP contribution in [0.2, 0.25) is 5.02 Å². The predicted octanol–water partition coefficient (Wildman–Crippen LogP) is 2.72. The van der Waals surface area contributed by atoms with Crippen molar-refractivity contribution in [3.8, 4) is 5.75 Å². The highest BCUT2D eigenvalue weighted by Crippen LogP contribution is 2.23. The zero-order valence-electron chi connectivity index (χ0n) is 15.6. The zero-order valence-corrected chi connectivity index (χ0v) is 16.4. The van der Waals surface area contributed by atoms with E-state index in [1.807, 2.05) is 40.9 Å². The second-order valence-corrected chi connectivity index (χ2v) is 7.30. The average Bonchev–Trinajstić information content (AvgIpc) is 3.14. The lowest BCUT2D eigenvalue weighted by Crippen LogP contribution is -2.45. The lowest BCUT2D eigenvalue weighted by Gasteiger charge is -2.32. The number of anilines is 1. The molecule has 0 saturated carbocycles. The second-order valence-electron chi connectivity index (χ2n) is 6.89. The van der Waals surface area contributed by atoms with E-state index in [1.165, 1.54) is 0 Å². The van der Waals surface area contributed by atoms with E-state index in [9.17, 15) is 4.79 Å². The summed E-state index contributed by atoms with van der Waals surface area (Å²) in [6, 6.07) is 11.4. The van der Waals surface area contributed by atoms with Gasteiger partial charge in [0.25, 0.3) is 0 Å². The molecule has 4 rings (SSSR count). The van der Waals surface area contributed by atoms with Crippen LogP contribution in [0.25, 0.3) is 5.65 Å². The highest BCUT2D eigenvalue weighted by molar-refractivity contribution is 6.31. The molecule has 1 fully saturated rings. The van der Waals surface area contributed by atoms with Crippen molar-refractivity contribution in [2.45, 2.75) is 25.3 Å². The van der Waals surface area contributed by atoms with Crippen molar-refractivity contribution in [2.24, 2.45) is 0 Å². The third kappa shape index (κ3) is 3.89. The van der Waals surface area contributed by atoms with Crippen molar-refractivity contribution in [3.05, 3.63) is 53.2 Å². The lowest BCUT2D eigenvalue weighted by molar-refractivity contribution is -0.121. The maximum atomic E-state index is 12.4. The van der Waals surface area contributed by atoms with Gasteiger partial charge in [0.2, 0.25) is 11.9 Å². The summed E-state index contributed by atoms with van der Waals surface area (Å²) in [4.78, 5) is 14.6. The normalized spacial score (nSPS) is 15.0. The van der Waals surface area contributed by atoms with E-state index < -0.39 is 0 Å². The predicted molar refractivity (Wildman–Crippen MR) is 108 cm³/mol. The third-order valence-corrected chi connectivity index (χ3v) is 5.40. The molecule has 1 aromatic carbocycles. The van der Waals surface area contributed by atoms with Gasteiger partial charge in [-0.2, -0.15) is 0 Å². The van der Waals surface area contributed by atoms with Crippen molar-refractivity contribution < 1.29 is 9.53 Å². The number of fused-ring (bicyclic) bond motifs is 1. The van der Waals surface area contributed by atoms with Crippen LogP contribution in [-0.4, -0.2) is 46.7 Å². The standard InChI is InChI=1S/C20H22ClN5O2/c1-28-16-6-5-14(17(21)13-16)12-19(27)22-15-7-10-25(11-8-15)20-24-23-18-4-2-3-9-26(18)20/h2-6,9,13,15H,7-8,10-12H2,1H3,(H,22,27). The summed E-state index contributed by atoms with van der Waals surface area (Å²) in [7, 11) is 1.59.